The van der Waals surface area contributed by atoms with Crippen LogP contribution >= 0.6 is 0 Å². The van der Waals surface area contributed by atoms with Crippen molar-refractivity contribution in [1.29, 1.82) is 0 Å². The van der Waals surface area contributed by atoms with Gasteiger partial charge in [-0.15, -0.1) is 0 Å². The van der Waals surface area contributed by atoms with Crippen molar-refractivity contribution in [2.75, 3.05) is 0 Å². The minimum absolute atomic E-state index is 0. The minimum Gasteiger partial charge on any atom is -1.00 e. The van der Waals surface area contributed by atoms with Gasteiger partial charge in [-0.05, 0) is 11.8 Å². The summed E-state index contributed by atoms with van der Waals surface area (Å²) in [5.74, 6) is 1.35. The minimum atomic E-state index is -1.06. The molecule has 0 nitrogen and oxygen atoms in total. The SMILES string of the molecule is CC(C)c1cc([Si](C)(C)C)c[cH-]1.CC(C)c1cc([Si](C)(C)C)c[cH-]1.[Cl-].[Cl-].[Hf+4]. The van der Waals surface area contributed by atoms with Crippen LogP contribution in [0.3, 0.4) is 0 Å². The molecule has 0 aliphatic rings. The normalized spacial score (nSPS) is 11.1. The van der Waals surface area contributed by atoms with Gasteiger partial charge in [0.2, 0.25) is 0 Å². The molecule has 0 bridgehead atoms. The zero-order valence-corrected chi connectivity index (χ0v) is 26.0. The molecular formula is C22H38Cl2HfSi2. The summed E-state index contributed by atoms with van der Waals surface area (Å²) in [5.41, 5.74) is 2.99. The third-order valence-corrected chi connectivity index (χ3v) is 8.71. The third kappa shape index (κ3) is 10.8. The van der Waals surface area contributed by atoms with Crippen LogP contribution in [-0.2, 0) is 25.8 Å². The molecule has 0 spiro atoms. The van der Waals surface area contributed by atoms with Gasteiger partial charge in [0.25, 0.3) is 0 Å². The van der Waals surface area contributed by atoms with Crippen molar-refractivity contribution in [2.45, 2.75) is 78.8 Å². The van der Waals surface area contributed by atoms with Crippen LogP contribution in [0, 0.1) is 0 Å². The smallest absolute Gasteiger partial charge is 1.00 e. The van der Waals surface area contributed by atoms with Crippen molar-refractivity contribution in [3.63, 3.8) is 0 Å². The summed E-state index contributed by atoms with van der Waals surface area (Å²) in [4.78, 5) is 0. The Morgan fingerprint density at radius 2 is 0.889 bits per heavy atom. The standard InChI is InChI=1S/2C11H19Si.2ClH.Hf/c2*1-9(2)10-6-7-11(8-10)12(3,4)5;;;/h2*6-9H,1-5H3;2*1H;/q2*-1;;;+4/p-2. The predicted molar refractivity (Wildman–Crippen MR) is 118 cm³/mol. The molecule has 0 aliphatic carbocycles. The molecule has 0 atom stereocenters. The molecule has 0 heterocycles. The van der Waals surface area contributed by atoms with Gasteiger partial charge in [0, 0.05) is 16.1 Å². The second-order valence-corrected chi connectivity index (χ2v) is 19.8. The first-order valence-electron chi connectivity index (χ1n) is 9.36. The van der Waals surface area contributed by atoms with Crippen LogP contribution in [-0.4, -0.2) is 16.1 Å². The molecule has 152 valence electrons. The molecule has 2 aromatic carbocycles. The molecule has 0 aliphatic heterocycles. The molecule has 0 amide bonds. The van der Waals surface area contributed by atoms with E-state index in [1.165, 1.54) is 11.1 Å². The van der Waals surface area contributed by atoms with Crippen LogP contribution in [0.5, 0.6) is 0 Å². The molecule has 0 radical (unpaired) electrons. The molecule has 2 aromatic rings. The predicted octanol–water partition coefficient (Wildman–Crippen LogP) is 0.154. The molecule has 2 rings (SSSR count). The van der Waals surface area contributed by atoms with Gasteiger partial charge in [0.05, 0.1) is 0 Å². The number of halogens is 2. The van der Waals surface area contributed by atoms with Gasteiger partial charge in [0.15, 0.2) is 0 Å². The fourth-order valence-electron chi connectivity index (χ4n) is 2.57. The van der Waals surface area contributed by atoms with Crippen LogP contribution in [0.4, 0.5) is 0 Å². The Bertz CT molecular complexity index is 573. The molecule has 0 saturated heterocycles. The van der Waals surface area contributed by atoms with E-state index < -0.39 is 16.1 Å². The van der Waals surface area contributed by atoms with E-state index in [1.807, 2.05) is 0 Å². The molecule has 0 N–H and O–H groups in total. The average Bonchev–Trinajstić information content (AvgIpc) is 3.08. The van der Waals surface area contributed by atoms with Crippen molar-refractivity contribution in [2.24, 2.45) is 0 Å². The molecule has 0 fully saturated rings. The maximum atomic E-state index is 2.40. The maximum Gasteiger partial charge on any atom is 4.00 e. The Morgan fingerprint density at radius 1 is 0.630 bits per heavy atom. The Morgan fingerprint density at radius 3 is 1.00 bits per heavy atom. The summed E-state index contributed by atoms with van der Waals surface area (Å²) in [6, 6.07) is 13.9. The van der Waals surface area contributed by atoms with Crippen LogP contribution < -0.4 is 35.2 Å². The molecule has 5 heteroatoms. The molecular weight excluding hydrogens is 570 g/mol. The summed E-state index contributed by atoms with van der Waals surface area (Å²) < 4.78 is 0. The van der Waals surface area contributed by atoms with Crippen LogP contribution in [0.2, 0.25) is 39.3 Å². The Kier molecular flexibility index (Phi) is 15.5. The topological polar surface area (TPSA) is 0 Å². The second-order valence-electron chi connectivity index (χ2n) is 9.68. The van der Waals surface area contributed by atoms with Crippen LogP contribution in [0.1, 0.15) is 50.7 Å². The van der Waals surface area contributed by atoms with Crippen LogP contribution in [0.25, 0.3) is 0 Å². The molecule has 27 heavy (non-hydrogen) atoms. The fraction of sp³-hybridized carbons (Fsp3) is 0.545. The van der Waals surface area contributed by atoms with Crippen molar-refractivity contribution in [3.8, 4) is 0 Å². The van der Waals surface area contributed by atoms with E-state index in [0.29, 0.717) is 11.8 Å². The molecule has 0 saturated carbocycles. The van der Waals surface area contributed by atoms with Crippen molar-refractivity contribution < 1.29 is 50.7 Å². The first-order valence-corrected chi connectivity index (χ1v) is 16.4. The van der Waals surface area contributed by atoms with E-state index in [1.54, 1.807) is 10.4 Å². The first kappa shape index (κ1) is 32.3. The van der Waals surface area contributed by atoms with Gasteiger partial charge in [-0.1, -0.05) is 67.0 Å². The number of rotatable bonds is 4. The summed E-state index contributed by atoms with van der Waals surface area (Å²) in [6.07, 6.45) is 0. The van der Waals surface area contributed by atoms with E-state index in [0.717, 1.165) is 0 Å². The number of hydrogen-bond donors (Lipinski definition) is 0. The van der Waals surface area contributed by atoms with Gasteiger partial charge in [-0.25, -0.2) is 22.5 Å². The average molecular weight is 608 g/mol. The summed E-state index contributed by atoms with van der Waals surface area (Å²) >= 11 is 0. The largest absolute Gasteiger partial charge is 4.00 e. The quantitative estimate of drug-likeness (QED) is 0.343. The van der Waals surface area contributed by atoms with Gasteiger partial charge in [-0.2, -0.15) is 35.4 Å². The van der Waals surface area contributed by atoms with E-state index in [4.69, 9.17) is 0 Å². The molecule has 0 aromatic heterocycles. The van der Waals surface area contributed by atoms with E-state index >= 15 is 0 Å². The van der Waals surface area contributed by atoms with Crippen molar-refractivity contribution in [3.05, 3.63) is 47.5 Å². The summed E-state index contributed by atoms with van der Waals surface area (Å²) in [7, 11) is -2.12. The van der Waals surface area contributed by atoms with E-state index in [2.05, 4.69) is 103 Å². The van der Waals surface area contributed by atoms with E-state index in [-0.39, 0.29) is 50.7 Å². The van der Waals surface area contributed by atoms with Crippen LogP contribution in [0.15, 0.2) is 36.4 Å². The fourth-order valence-corrected chi connectivity index (χ4v) is 4.94. The van der Waals surface area contributed by atoms with Gasteiger partial charge in [-0.3, -0.25) is 0 Å². The first-order chi connectivity index (χ1) is 10.8. The van der Waals surface area contributed by atoms with Gasteiger partial charge >= 0.3 is 25.8 Å². The summed E-state index contributed by atoms with van der Waals surface area (Å²) in [6.45, 7) is 23.4. The summed E-state index contributed by atoms with van der Waals surface area (Å²) in [5, 5.41) is 3.18. The number of hydrogen-bond acceptors (Lipinski definition) is 0. The van der Waals surface area contributed by atoms with E-state index in [9.17, 15) is 0 Å². The van der Waals surface area contributed by atoms with Crippen molar-refractivity contribution in [1.82, 2.24) is 0 Å². The zero-order chi connectivity index (χ0) is 18.7. The van der Waals surface area contributed by atoms with Crippen molar-refractivity contribution >= 4 is 26.5 Å². The Hall–Kier alpha value is 0.584. The third-order valence-electron chi connectivity index (χ3n) is 4.62. The zero-order valence-electron chi connectivity index (χ0n) is 18.9. The maximum absolute atomic E-state index is 2.40. The molecule has 0 unspecified atom stereocenters. The Labute approximate surface area is 202 Å². The monoisotopic (exact) mass is 608 g/mol. The second kappa shape index (κ2) is 13.0. The van der Waals surface area contributed by atoms with Gasteiger partial charge < -0.3 is 24.8 Å². The van der Waals surface area contributed by atoms with Gasteiger partial charge in [0.1, 0.15) is 0 Å². The Balaban J connectivity index is -0.000000384.